The molecule has 0 saturated carbocycles. The third-order valence-corrected chi connectivity index (χ3v) is 2.46. The Morgan fingerprint density at radius 1 is 1.00 bits per heavy atom. The number of ether oxygens (including phenoxy) is 1. The van der Waals surface area contributed by atoms with Gasteiger partial charge in [-0.05, 0) is 26.2 Å². The van der Waals surface area contributed by atoms with E-state index in [0.717, 1.165) is 12.8 Å². The predicted octanol–water partition coefficient (Wildman–Crippen LogP) is 4.25. The van der Waals surface area contributed by atoms with Gasteiger partial charge >= 0.3 is 5.97 Å². The first kappa shape index (κ1) is 15.2. The average molecular weight is 226 g/mol. The van der Waals surface area contributed by atoms with Crippen molar-refractivity contribution in [2.45, 2.75) is 65.2 Å². The average Bonchev–Trinajstić information content (AvgIpc) is 2.27. The molecule has 2 heteroatoms. The number of hydrogen-bond donors (Lipinski definition) is 0. The molecule has 94 valence electrons. The van der Waals surface area contributed by atoms with Crippen LogP contribution in [0.4, 0.5) is 0 Å². The molecule has 0 bridgehead atoms. The zero-order valence-corrected chi connectivity index (χ0v) is 10.8. The zero-order valence-electron chi connectivity index (χ0n) is 10.8. The van der Waals surface area contributed by atoms with Gasteiger partial charge < -0.3 is 4.74 Å². The van der Waals surface area contributed by atoms with Gasteiger partial charge in [0, 0.05) is 6.42 Å². The number of allylic oxidation sites excluding steroid dienone is 2. The Labute approximate surface area is 100 Å². The number of unbranched alkanes of at least 4 members (excludes halogenated alkanes) is 5. The highest BCUT2D eigenvalue weighted by molar-refractivity contribution is 5.69. The monoisotopic (exact) mass is 226 g/mol. The molecule has 0 rings (SSSR count). The Balaban J connectivity index is 3.18. The fourth-order valence-electron chi connectivity index (χ4n) is 1.54. The molecule has 0 heterocycles. The summed E-state index contributed by atoms with van der Waals surface area (Å²) in [5, 5.41) is 0. The molecule has 0 N–H and O–H groups in total. The molecule has 0 aromatic rings. The highest BCUT2D eigenvalue weighted by Crippen LogP contribution is 2.05. The molecule has 0 aromatic carbocycles. The summed E-state index contributed by atoms with van der Waals surface area (Å²) in [4.78, 5) is 11.0. The molecule has 16 heavy (non-hydrogen) atoms. The molecule has 0 aliphatic rings. The SMILES string of the molecule is CCCCCCCC=CCCC(=O)OCC. The van der Waals surface area contributed by atoms with Crippen LogP contribution >= 0.6 is 0 Å². The van der Waals surface area contributed by atoms with E-state index in [1.165, 1.54) is 32.1 Å². The van der Waals surface area contributed by atoms with Crippen LogP contribution < -0.4 is 0 Å². The van der Waals surface area contributed by atoms with Crippen molar-refractivity contribution in [2.24, 2.45) is 0 Å². The molecule has 0 fully saturated rings. The predicted molar refractivity (Wildman–Crippen MR) is 68.4 cm³/mol. The molecule has 0 radical (unpaired) electrons. The van der Waals surface area contributed by atoms with Gasteiger partial charge in [0.2, 0.25) is 0 Å². The van der Waals surface area contributed by atoms with Crippen LogP contribution in [0.1, 0.15) is 65.2 Å². The third-order valence-electron chi connectivity index (χ3n) is 2.46. The van der Waals surface area contributed by atoms with E-state index in [4.69, 9.17) is 4.74 Å². The molecule has 0 aromatic heterocycles. The summed E-state index contributed by atoms with van der Waals surface area (Å²) in [6.07, 6.45) is 13.4. The van der Waals surface area contributed by atoms with Gasteiger partial charge in [-0.15, -0.1) is 0 Å². The van der Waals surface area contributed by atoms with Crippen molar-refractivity contribution < 1.29 is 9.53 Å². The first-order valence-corrected chi connectivity index (χ1v) is 6.61. The zero-order chi connectivity index (χ0) is 12.1. The second-order valence-electron chi connectivity index (χ2n) is 4.02. The highest BCUT2D eigenvalue weighted by atomic mass is 16.5. The molecule has 0 spiro atoms. The molecule has 2 nitrogen and oxygen atoms in total. The molecular formula is C14H26O2. The van der Waals surface area contributed by atoms with Crippen molar-refractivity contribution in [1.82, 2.24) is 0 Å². The van der Waals surface area contributed by atoms with Gasteiger partial charge in [-0.1, -0.05) is 44.8 Å². The lowest BCUT2D eigenvalue weighted by Crippen LogP contribution is -2.02. The van der Waals surface area contributed by atoms with Crippen LogP contribution in [0.15, 0.2) is 12.2 Å². The summed E-state index contributed by atoms with van der Waals surface area (Å²) in [6, 6.07) is 0. The first-order valence-electron chi connectivity index (χ1n) is 6.61. The number of rotatable bonds is 10. The number of carbonyl (C=O) groups excluding carboxylic acids is 1. The van der Waals surface area contributed by atoms with Crippen molar-refractivity contribution in [3.8, 4) is 0 Å². The van der Waals surface area contributed by atoms with Crippen LogP contribution in [-0.2, 0) is 9.53 Å². The van der Waals surface area contributed by atoms with Crippen molar-refractivity contribution in [3.63, 3.8) is 0 Å². The van der Waals surface area contributed by atoms with E-state index in [1.54, 1.807) is 0 Å². The van der Waals surface area contributed by atoms with Crippen molar-refractivity contribution in [3.05, 3.63) is 12.2 Å². The molecule has 0 saturated heterocycles. The van der Waals surface area contributed by atoms with E-state index in [2.05, 4.69) is 19.1 Å². The summed E-state index contributed by atoms with van der Waals surface area (Å²) < 4.78 is 4.84. The van der Waals surface area contributed by atoms with Crippen molar-refractivity contribution in [2.75, 3.05) is 6.61 Å². The maximum atomic E-state index is 11.0. The lowest BCUT2D eigenvalue weighted by molar-refractivity contribution is -0.142. The Morgan fingerprint density at radius 3 is 2.38 bits per heavy atom. The first-order chi connectivity index (χ1) is 7.81. The standard InChI is InChI=1S/C14H26O2/c1-3-5-6-7-8-9-10-11-12-13-14(15)16-4-2/h10-11H,3-9,12-13H2,1-2H3. The van der Waals surface area contributed by atoms with Gasteiger partial charge in [-0.3, -0.25) is 4.79 Å². The van der Waals surface area contributed by atoms with Gasteiger partial charge in [0.1, 0.15) is 0 Å². The van der Waals surface area contributed by atoms with Crippen LogP contribution in [-0.4, -0.2) is 12.6 Å². The summed E-state index contributed by atoms with van der Waals surface area (Å²) in [5.41, 5.74) is 0. The third kappa shape index (κ3) is 11.3. The van der Waals surface area contributed by atoms with Crippen molar-refractivity contribution >= 4 is 5.97 Å². The topological polar surface area (TPSA) is 26.3 Å². The molecular weight excluding hydrogens is 200 g/mol. The van der Waals surface area contributed by atoms with Crippen LogP contribution in [0, 0.1) is 0 Å². The van der Waals surface area contributed by atoms with Crippen LogP contribution in [0.5, 0.6) is 0 Å². The summed E-state index contributed by atoms with van der Waals surface area (Å²) in [7, 11) is 0. The number of esters is 1. The quantitative estimate of drug-likeness (QED) is 0.316. The molecule has 0 aliphatic carbocycles. The van der Waals surface area contributed by atoms with Crippen LogP contribution in [0.2, 0.25) is 0 Å². The summed E-state index contributed by atoms with van der Waals surface area (Å²) in [5.74, 6) is -0.0879. The van der Waals surface area contributed by atoms with E-state index in [9.17, 15) is 4.79 Å². The fraction of sp³-hybridized carbons (Fsp3) is 0.786. The van der Waals surface area contributed by atoms with Gasteiger partial charge in [-0.2, -0.15) is 0 Å². The Morgan fingerprint density at radius 2 is 1.69 bits per heavy atom. The lowest BCUT2D eigenvalue weighted by atomic mass is 10.1. The number of hydrogen-bond acceptors (Lipinski definition) is 2. The maximum absolute atomic E-state index is 11.0. The van der Waals surface area contributed by atoms with Gasteiger partial charge in [0.15, 0.2) is 0 Å². The van der Waals surface area contributed by atoms with Gasteiger partial charge in [0.25, 0.3) is 0 Å². The van der Waals surface area contributed by atoms with E-state index < -0.39 is 0 Å². The van der Waals surface area contributed by atoms with E-state index >= 15 is 0 Å². The van der Waals surface area contributed by atoms with Gasteiger partial charge in [0.05, 0.1) is 6.61 Å². The maximum Gasteiger partial charge on any atom is 0.306 e. The van der Waals surface area contributed by atoms with E-state index in [1.807, 2.05) is 6.92 Å². The minimum atomic E-state index is -0.0879. The minimum Gasteiger partial charge on any atom is -0.466 e. The van der Waals surface area contributed by atoms with Crippen LogP contribution in [0.3, 0.4) is 0 Å². The van der Waals surface area contributed by atoms with Crippen molar-refractivity contribution in [1.29, 1.82) is 0 Å². The highest BCUT2D eigenvalue weighted by Gasteiger charge is 1.97. The Bertz CT molecular complexity index is 185. The van der Waals surface area contributed by atoms with Crippen LogP contribution in [0.25, 0.3) is 0 Å². The lowest BCUT2D eigenvalue weighted by Gasteiger charge is -1.98. The normalized spacial score (nSPS) is 10.9. The number of carbonyl (C=O) groups is 1. The van der Waals surface area contributed by atoms with Gasteiger partial charge in [-0.25, -0.2) is 0 Å². The summed E-state index contributed by atoms with van der Waals surface area (Å²) >= 11 is 0. The second kappa shape index (κ2) is 12.3. The Hall–Kier alpha value is -0.790. The largest absolute Gasteiger partial charge is 0.466 e. The fourth-order valence-corrected chi connectivity index (χ4v) is 1.54. The molecule has 0 atom stereocenters. The Kier molecular flexibility index (Phi) is 11.7. The second-order valence-corrected chi connectivity index (χ2v) is 4.02. The molecule has 0 amide bonds. The molecule has 0 unspecified atom stereocenters. The summed E-state index contributed by atoms with van der Waals surface area (Å²) in [6.45, 7) is 4.55. The molecule has 0 aliphatic heterocycles. The smallest absolute Gasteiger partial charge is 0.306 e. The van der Waals surface area contributed by atoms with E-state index in [0.29, 0.717) is 13.0 Å². The van der Waals surface area contributed by atoms with E-state index in [-0.39, 0.29) is 5.97 Å². The minimum absolute atomic E-state index is 0.0879.